The molecule has 2 aromatic heterocycles. The third kappa shape index (κ3) is 2.92. The van der Waals surface area contributed by atoms with Crippen LogP contribution in [0.5, 0.6) is 0 Å². The van der Waals surface area contributed by atoms with Crippen LogP contribution in [0.4, 0.5) is 5.82 Å². The van der Waals surface area contributed by atoms with Gasteiger partial charge in [-0.3, -0.25) is 4.98 Å². The summed E-state index contributed by atoms with van der Waals surface area (Å²) in [6, 6.07) is 2.09. The van der Waals surface area contributed by atoms with E-state index in [0.717, 1.165) is 39.4 Å². The Bertz CT molecular complexity index is 611. The van der Waals surface area contributed by atoms with Gasteiger partial charge in [0, 0.05) is 12.7 Å². The number of pyridine rings is 1. The molecule has 19 heavy (non-hydrogen) atoms. The van der Waals surface area contributed by atoms with Crippen molar-refractivity contribution < 1.29 is 0 Å². The maximum Gasteiger partial charge on any atom is 0.180 e. The minimum Gasteiger partial charge on any atom is -0.369 e. The summed E-state index contributed by atoms with van der Waals surface area (Å²) in [5.74, 6) is 1.47. The molecular formula is C14H17BrN4. The summed E-state index contributed by atoms with van der Waals surface area (Å²) >= 11 is 3.51. The van der Waals surface area contributed by atoms with Crippen molar-refractivity contribution in [1.29, 1.82) is 0 Å². The molecule has 0 saturated carbocycles. The van der Waals surface area contributed by atoms with Gasteiger partial charge >= 0.3 is 0 Å². The molecule has 0 aliphatic rings. The van der Waals surface area contributed by atoms with E-state index in [9.17, 15) is 0 Å². The van der Waals surface area contributed by atoms with Crippen molar-refractivity contribution in [1.82, 2.24) is 15.0 Å². The summed E-state index contributed by atoms with van der Waals surface area (Å²) < 4.78 is 0.905. The molecule has 0 fully saturated rings. The fourth-order valence-electron chi connectivity index (χ4n) is 1.90. The molecule has 0 unspecified atom stereocenters. The SMILES string of the molecule is CCNc1nc(-c2ncc(C)cc2C)nc(C)c1Br. The molecule has 2 rings (SSSR count). The first kappa shape index (κ1) is 13.9. The van der Waals surface area contributed by atoms with Crippen LogP contribution in [0.15, 0.2) is 16.7 Å². The van der Waals surface area contributed by atoms with Crippen molar-refractivity contribution in [3.05, 3.63) is 33.6 Å². The molecule has 0 spiro atoms. The van der Waals surface area contributed by atoms with E-state index in [1.807, 2.05) is 33.9 Å². The third-order valence-corrected chi connectivity index (χ3v) is 3.74. The lowest BCUT2D eigenvalue weighted by molar-refractivity contribution is 1.04. The predicted molar refractivity (Wildman–Crippen MR) is 81.3 cm³/mol. The summed E-state index contributed by atoms with van der Waals surface area (Å²) in [4.78, 5) is 13.5. The van der Waals surface area contributed by atoms with Crippen LogP contribution in [-0.2, 0) is 0 Å². The molecule has 2 heterocycles. The second kappa shape index (κ2) is 5.65. The fraction of sp³-hybridized carbons (Fsp3) is 0.357. The summed E-state index contributed by atoms with van der Waals surface area (Å²) in [6.07, 6.45) is 1.84. The molecule has 100 valence electrons. The molecule has 0 saturated heterocycles. The van der Waals surface area contributed by atoms with Crippen molar-refractivity contribution in [3.63, 3.8) is 0 Å². The van der Waals surface area contributed by atoms with Crippen LogP contribution < -0.4 is 5.32 Å². The van der Waals surface area contributed by atoms with E-state index >= 15 is 0 Å². The van der Waals surface area contributed by atoms with E-state index < -0.39 is 0 Å². The number of halogens is 1. The summed E-state index contributed by atoms with van der Waals surface area (Å²) in [5.41, 5.74) is 3.97. The maximum absolute atomic E-state index is 4.55. The summed E-state index contributed by atoms with van der Waals surface area (Å²) in [7, 11) is 0. The van der Waals surface area contributed by atoms with E-state index in [4.69, 9.17) is 0 Å². The van der Waals surface area contributed by atoms with Crippen LogP contribution in [0.3, 0.4) is 0 Å². The van der Waals surface area contributed by atoms with Crippen LogP contribution in [0.1, 0.15) is 23.7 Å². The van der Waals surface area contributed by atoms with Gasteiger partial charge in [0.1, 0.15) is 11.5 Å². The van der Waals surface area contributed by atoms with E-state index in [1.54, 1.807) is 0 Å². The van der Waals surface area contributed by atoms with Gasteiger partial charge in [-0.15, -0.1) is 0 Å². The number of nitrogens with zero attached hydrogens (tertiary/aromatic N) is 3. The highest BCUT2D eigenvalue weighted by atomic mass is 79.9. The molecule has 0 atom stereocenters. The highest BCUT2D eigenvalue weighted by molar-refractivity contribution is 9.10. The van der Waals surface area contributed by atoms with Gasteiger partial charge in [0.05, 0.1) is 10.2 Å². The zero-order chi connectivity index (χ0) is 14.0. The number of anilines is 1. The average Bonchev–Trinajstić information content (AvgIpc) is 2.35. The zero-order valence-corrected chi connectivity index (χ0v) is 13.2. The summed E-state index contributed by atoms with van der Waals surface area (Å²) in [6.45, 7) is 8.87. The molecule has 1 N–H and O–H groups in total. The van der Waals surface area contributed by atoms with Gasteiger partial charge in [-0.25, -0.2) is 9.97 Å². The van der Waals surface area contributed by atoms with Crippen LogP contribution in [-0.4, -0.2) is 21.5 Å². The Morgan fingerprint density at radius 3 is 2.58 bits per heavy atom. The van der Waals surface area contributed by atoms with E-state index in [2.05, 4.69) is 42.3 Å². The minimum atomic E-state index is 0.661. The normalized spacial score (nSPS) is 10.6. The molecule has 0 bridgehead atoms. The topological polar surface area (TPSA) is 50.7 Å². The van der Waals surface area contributed by atoms with Crippen molar-refractivity contribution >= 4 is 21.7 Å². The Kier molecular flexibility index (Phi) is 4.14. The predicted octanol–water partition coefficient (Wildman–Crippen LogP) is 3.66. The van der Waals surface area contributed by atoms with E-state index in [1.165, 1.54) is 0 Å². The second-order valence-corrected chi connectivity index (χ2v) is 5.30. The van der Waals surface area contributed by atoms with E-state index in [0.29, 0.717) is 5.82 Å². The van der Waals surface area contributed by atoms with Gasteiger partial charge in [0.15, 0.2) is 5.82 Å². The first-order chi connectivity index (χ1) is 9.02. The van der Waals surface area contributed by atoms with Gasteiger partial charge in [-0.1, -0.05) is 6.07 Å². The van der Waals surface area contributed by atoms with Crippen molar-refractivity contribution in [2.24, 2.45) is 0 Å². The third-order valence-electron chi connectivity index (χ3n) is 2.79. The first-order valence-electron chi connectivity index (χ1n) is 6.24. The quantitative estimate of drug-likeness (QED) is 0.937. The second-order valence-electron chi connectivity index (χ2n) is 4.50. The molecule has 5 heteroatoms. The molecule has 0 amide bonds. The highest BCUT2D eigenvalue weighted by Crippen LogP contribution is 2.27. The molecular weight excluding hydrogens is 304 g/mol. The largest absolute Gasteiger partial charge is 0.369 e. The Morgan fingerprint density at radius 1 is 1.21 bits per heavy atom. The lowest BCUT2D eigenvalue weighted by Gasteiger charge is -2.11. The Hall–Kier alpha value is -1.49. The molecule has 0 aliphatic heterocycles. The Balaban J connectivity index is 2.56. The minimum absolute atomic E-state index is 0.661. The van der Waals surface area contributed by atoms with Gasteiger partial charge in [0.2, 0.25) is 0 Å². The lowest BCUT2D eigenvalue weighted by Crippen LogP contribution is -2.05. The average molecular weight is 321 g/mol. The number of aromatic nitrogens is 3. The summed E-state index contributed by atoms with van der Waals surface area (Å²) in [5, 5.41) is 3.23. The molecule has 0 aliphatic carbocycles. The van der Waals surface area contributed by atoms with Gasteiger partial charge in [-0.05, 0) is 54.8 Å². The monoisotopic (exact) mass is 320 g/mol. The number of hydrogen-bond donors (Lipinski definition) is 1. The Labute approximate surface area is 121 Å². The van der Waals surface area contributed by atoms with Crippen molar-refractivity contribution in [2.75, 3.05) is 11.9 Å². The van der Waals surface area contributed by atoms with Crippen LogP contribution in [0, 0.1) is 20.8 Å². The number of aryl methyl sites for hydroxylation is 3. The van der Waals surface area contributed by atoms with Gasteiger partial charge < -0.3 is 5.32 Å². The first-order valence-corrected chi connectivity index (χ1v) is 7.03. The number of rotatable bonds is 3. The Morgan fingerprint density at radius 2 is 1.95 bits per heavy atom. The van der Waals surface area contributed by atoms with Crippen molar-refractivity contribution in [2.45, 2.75) is 27.7 Å². The standard InChI is InChI=1S/C14H17BrN4/c1-5-16-13-11(15)10(4)18-14(19-13)12-9(3)6-8(2)7-17-12/h6-7H,5H2,1-4H3,(H,16,18,19). The number of hydrogen-bond acceptors (Lipinski definition) is 4. The van der Waals surface area contributed by atoms with Crippen LogP contribution in [0.2, 0.25) is 0 Å². The van der Waals surface area contributed by atoms with Crippen LogP contribution in [0.25, 0.3) is 11.5 Å². The smallest absolute Gasteiger partial charge is 0.180 e. The molecule has 0 radical (unpaired) electrons. The molecule has 4 nitrogen and oxygen atoms in total. The fourth-order valence-corrected chi connectivity index (χ4v) is 2.22. The van der Waals surface area contributed by atoms with Gasteiger partial charge in [-0.2, -0.15) is 0 Å². The molecule has 0 aromatic carbocycles. The number of nitrogens with one attached hydrogen (secondary N) is 1. The zero-order valence-electron chi connectivity index (χ0n) is 11.6. The van der Waals surface area contributed by atoms with Crippen LogP contribution >= 0.6 is 15.9 Å². The maximum atomic E-state index is 4.55. The van der Waals surface area contributed by atoms with E-state index in [-0.39, 0.29) is 0 Å². The highest BCUT2D eigenvalue weighted by Gasteiger charge is 2.13. The lowest BCUT2D eigenvalue weighted by atomic mass is 10.1. The van der Waals surface area contributed by atoms with Gasteiger partial charge in [0.25, 0.3) is 0 Å². The van der Waals surface area contributed by atoms with Crippen molar-refractivity contribution in [3.8, 4) is 11.5 Å². The molecule has 2 aromatic rings.